The first-order valence-electron chi connectivity index (χ1n) is 7.47. The van der Waals surface area contributed by atoms with Gasteiger partial charge >= 0.3 is 5.97 Å². The second-order valence-electron chi connectivity index (χ2n) is 5.45. The van der Waals surface area contributed by atoms with Crippen LogP contribution in [0.2, 0.25) is 0 Å². The lowest BCUT2D eigenvalue weighted by molar-refractivity contribution is -0.122. The summed E-state index contributed by atoms with van der Waals surface area (Å²) in [7, 11) is 0. The Morgan fingerprint density at radius 3 is 2.83 bits per heavy atom. The van der Waals surface area contributed by atoms with Crippen LogP contribution in [0.3, 0.4) is 0 Å². The third kappa shape index (κ3) is 3.34. The lowest BCUT2D eigenvalue weighted by atomic mass is 10.0. The van der Waals surface area contributed by atoms with Gasteiger partial charge in [-0.2, -0.15) is 0 Å². The van der Waals surface area contributed by atoms with Crippen LogP contribution in [0.25, 0.3) is 0 Å². The highest BCUT2D eigenvalue weighted by Crippen LogP contribution is 2.33. The van der Waals surface area contributed by atoms with E-state index in [-0.39, 0.29) is 17.4 Å². The number of hydrogen-bond acceptors (Lipinski definition) is 3. The first-order valence-corrected chi connectivity index (χ1v) is 7.47. The molecule has 3 rings (SSSR count). The number of benzene rings is 2. The van der Waals surface area contributed by atoms with Crippen LogP contribution in [0.5, 0.6) is 5.75 Å². The van der Waals surface area contributed by atoms with Crippen molar-refractivity contribution in [3.05, 3.63) is 65.2 Å². The van der Waals surface area contributed by atoms with Gasteiger partial charge in [0, 0.05) is 12.1 Å². The van der Waals surface area contributed by atoms with Crippen LogP contribution in [0.15, 0.2) is 48.5 Å². The fourth-order valence-corrected chi connectivity index (χ4v) is 2.69. The van der Waals surface area contributed by atoms with Crippen molar-refractivity contribution in [2.45, 2.75) is 12.3 Å². The first kappa shape index (κ1) is 15.1. The van der Waals surface area contributed by atoms with Crippen molar-refractivity contribution >= 4 is 11.9 Å². The van der Waals surface area contributed by atoms with Crippen molar-refractivity contribution in [3.8, 4) is 5.75 Å². The number of carboxylic acids is 1. The van der Waals surface area contributed by atoms with Crippen LogP contribution in [0.1, 0.15) is 27.4 Å². The van der Waals surface area contributed by atoms with E-state index in [0.29, 0.717) is 19.6 Å². The van der Waals surface area contributed by atoms with Crippen molar-refractivity contribution in [1.29, 1.82) is 0 Å². The van der Waals surface area contributed by atoms with E-state index in [1.54, 1.807) is 18.2 Å². The summed E-state index contributed by atoms with van der Waals surface area (Å²) in [5.41, 5.74) is 2.05. The van der Waals surface area contributed by atoms with Crippen LogP contribution in [-0.4, -0.2) is 30.1 Å². The number of amides is 1. The summed E-state index contributed by atoms with van der Waals surface area (Å²) in [4.78, 5) is 23.2. The monoisotopic (exact) mass is 311 g/mol. The van der Waals surface area contributed by atoms with Gasteiger partial charge in [0.25, 0.3) is 0 Å². The average Bonchev–Trinajstić information content (AvgIpc) is 2.99. The molecule has 5 heteroatoms. The third-order valence-electron chi connectivity index (χ3n) is 3.90. The van der Waals surface area contributed by atoms with Crippen molar-refractivity contribution in [2.75, 3.05) is 13.2 Å². The fraction of sp³-hybridized carbons (Fsp3) is 0.222. The molecule has 1 heterocycles. The quantitative estimate of drug-likeness (QED) is 0.888. The summed E-state index contributed by atoms with van der Waals surface area (Å²) in [5, 5.41) is 11.9. The normalized spacial score (nSPS) is 15.6. The van der Waals surface area contributed by atoms with Gasteiger partial charge in [-0.05, 0) is 30.2 Å². The third-order valence-corrected chi connectivity index (χ3v) is 3.90. The van der Waals surface area contributed by atoms with Crippen molar-refractivity contribution in [3.63, 3.8) is 0 Å². The molecule has 2 N–H and O–H groups in total. The second kappa shape index (κ2) is 6.52. The van der Waals surface area contributed by atoms with E-state index < -0.39 is 5.97 Å². The molecule has 118 valence electrons. The number of hydrogen-bond donors (Lipinski definition) is 2. The molecule has 0 saturated heterocycles. The molecular weight excluding hydrogens is 294 g/mol. The van der Waals surface area contributed by atoms with Gasteiger partial charge in [0.2, 0.25) is 5.91 Å². The van der Waals surface area contributed by atoms with E-state index >= 15 is 0 Å². The van der Waals surface area contributed by atoms with Crippen molar-refractivity contribution in [1.82, 2.24) is 5.32 Å². The maximum absolute atomic E-state index is 12.3. The molecular formula is C18H17NO4. The Morgan fingerprint density at radius 2 is 2.00 bits per heavy atom. The maximum atomic E-state index is 12.3. The van der Waals surface area contributed by atoms with Gasteiger partial charge in [-0.3, -0.25) is 4.79 Å². The maximum Gasteiger partial charge on any atom is 0.335 e. The number of para-hydroxylation sites is 1. The lowest BCUT2D eigenvalue weighted by Crippen LogP contribution is -2.31. The first-order chi connectivity index (χ1) is 11.1. The van der Waals surface area contributed by atoms with E-state index in [1.165, 1.54) is 0 Å². The van der Waals surface area contributed by atoms with Crippen LogP contribution >= 0.6 is 0 Å². The minimum Gasteiger partial charge on any atom is -0.492 e. The number of rotatable bonds is 5. The standard InChI is InChI=1S/C18H17NO4/c20-17(15-11-23-16-7-2-1-6-14(15)16)19-9-8-12-4-3-5-13(10-12)18(21)22/h1-7,10,15H,8-9,11H2,(H,19,20)(H,21,22)/t15-/m0/s1. The van der Waals surface area contributed by atoms with E-state index in [2.05, 4.69) is 5.32 Å². The number of ether oxygens (including phenoxy) is 1. The Labute approximate surface area is 133 Å². The van der Waals surface area contributed by atoms with Gasteiger partial charge in [0.05, 0.1) is 5.56 Å². The number of carboxylic acid groups (broad SMARTS) is 1. The van der Waals surface area contributed by atoms with Gasteiger partial charge in [-0.25, -0.2) is 4.79 Å². The summed E-state index contributed by atoms with van der Waals surface area (Å²) in [6.45, 7) is 0.820. The SMILES string of the molecule is O=C(O)c1cccc(CCNC(=O)[C@H]2COc3ccccc32)c1. The number of carbonyl (C=O) groups is 2. The second-order valence-corrected chi connectivity index (χ2v) is 5.45. The molecule has 0 aliphatic carbocycles. The van der Waals surface area contributed by atoms with E-state index in [1.807, 2.05) is 30.3 Å². The van der Waals surface area contributed by atoms with E-state index in [4.69, 9.17) is 9.84 Å². The zero-order valence-electron chi connectivity index (χ0n) is 12.5. The summed E-state index contributed by atoms with van der Waals surface area (Å²) >= 11 is 0. The minimum atomic E-state index is -0.949. The van der Waals surface area contributed by atoms with Crippen molar-refractivity contribution in [2.24, 2.45) is 0 Å². The molecule has 0 unspecified atom stereocenters. The minimum absolute atomic E-state index is 0.0654. The molecule has 0 aromatic heterocycles. The zero-order chi connectivity index (χ0) is 16.2. The summed E-state index contributed by atoms with van der Waals surface area (Å²) < 4.78 is 5.51. The topological polar surface area (TPSA) is 75.6 Å². The number of carbonyl (C=O) groups excluding carboxylic acids is 1. The highest BCUT2D eigenvalue weighted by molar-refractivity contribution is 5.87. The molecule has 1 aliphatic rings. The molecule has 23 heavy (non-hydrogen) atoms. The van der Waals surface area contributed by atoms with Crippen LogP contribution in [0.4, 0.5) is 0 Å². The predicted molar refractivity (Wildman–Crippen MR) is 84.8 cm³/mol. The molecule has 5 nitrogen and oxygen atoms in total. The predicted octanol–water partition coefficient (Wildman–Crippen LogP) is 2.22. The smallest absolute Gasteiger partial charge is 0.335 e. The zero-order valence-corrected chi connectivity index (χ0v) is 12.5. The Balaban J connectivity index is 1.56. The Hall–Kier alpha value is -2.82. The highest BCUT2D eigenvalue weighted by atomic mass is 16.5. The Morgan fingerprint density at radius 1 is 1.17 bits per heavy atom. The van der Waals surface area contributed by atoms with Gasteiger partial charge in [-0.1, -0.05) is 30.3 Å². The van der Waals surface area contributed by atoms with E-state index in [9.17, 15) is 9.59 Å². The van der Waals surface area contributed by atoms with Crippen LogP contribution < -0.4 is 10.1 Å². The Bertz CT molecular complexity index is 741. The largest absolute Gasteiger partial charge is 0.492 e. The molecule has 2 aromatic carbocycles. The molecule has 2 aromatic rings. The van der Waals surface area contributed by atoms with Crippen LogP contribution in [-0.2, 0) is 11.2 Å². The molecule has 0 spiro atoms. The molecule has 0 fully saturated rings. The highest BCUT2D eigenvalue weighted by Gasteiger charge is 2.29. The molecule has 1 aliphatic heterocycles. The number of fused-ring (bicyclic) bond motifs is 1. The lowest BCUT2D eigenvalue weighted by Gasteiger charge is -2.10. The number of aromatic carboxylic acids is 1. The summed E-state index contributed by atoms with van der Waals surface area (Å²) in [6, 6.07) is 14.3. The molecule has 0 bridgehead atoms. The van der Waals surface area contributed by atoms with E-state index in [0.717, 1.165) is 16.9 Å². The van der Waals surface area contributed by atoms with Crippen molar-refractivity contribution < 1.29 is 19.4 Å². The number of nitrogens with one attached hydrogen (secondary N) is 1. The van der Waals surface area contributed by atoms with Crippen LogP contribution in [0, 0.1) is 0 Å². The molecule has 0 saturated carbocycles. The molecule has 0 radical (unpaired) electrons. The fourth-order valence-electron chi connectivity index (χ4n) is 2.69. The summed E-state index contributed by atoms with van der Waals surface area (Å²) in [5.74, 6) is -0.529. The molecule has 1 amide bonds. The Kier molecular flexibility index (Phi) is 4.28. The van der Waals surface area contributed by atoms with Gasteiger partial charge in [0.15, 0.2) is 0 Å². The molecule has 1 atom stereocenters. The van der Waals surface area contributed by atoms with Gasteiger partial charge in [0.1, 0.15) is 18.3 Å². The summed E-state index contributed by atoms with van der Waals surface area (Å²) in [6.07, 6.45) is 0.585. The van der Waals surface area contributed by atoms with Gasteiger partial charge < -0.3 is 15.2 Å². The average molecular weight is 311 g/mol. The van der Waals surface area contributed by atoms with Gasteiger partial charge in [-0.15, -0.1) is 0 Å².